The molecule has 0 saturated carbocycles. The molecule has 2 heterocycles. The molecule has 1 aromatic rings. The van der Waals surface area contributed by atoms with E-state index in [1.165, 1.54) is 5.56 Å². The minimum atomic E-state index is -0.621. The molecule has 26 heavy (non-hydrogen) atoms. The summed E-state index contributed by atoms with van der Waals surface area (Å²) < 4.78 is 0. The van der Waals surface area contributed by atoms with Gasteiger partial charge in [-0.15, -0.1) is 0 Å². The first-order valence-corrected chi connectivity index (χ1v) is 10.1. The van der Waals surface area contributed by atoms with Gasteiger partial charge in [0, 0.05) is 32.7 Å². The molecule has 0 bridgehead atoms. The molecule has 1 aromatic carbocycles. The first kappa shape index (κ1) is 20.1. The number of alkyl halides is 1. The number of nitrogens with two attached hydrogens (primary N) is 1. The molecule has 3 rings (SSSR count). The lowest BCUT2D eigenvalue weighted by Crippen LogP contribution is -2.56. The SMILES string of the molecule is CC(N1CCN(Cc2ccccc2)CC1)N1C(Cl)=C(Cl)C(N)=C(Cl)C1Cl. The molecule has 0 radical (unpaired) electrons. The molecule has 0 amide bonds. The van der Waals surface area contributed by atoms with Crippen molar-refractivity contribution in [2.24, 2.45) is 5.73 Å². The number of allylic oxidation sites excluding steroid dienone is 1. The summed E-state index contributed by atoms with van der Waals surface area (Å²) in [7, 11) is 0. The predicted octanol–water partition coefficient (Wildman–Crippen LogP) is 4.09. The van der Waals surface area contributed by atoms with Crippen LogP contribution in [0.1, 0.15) is 12.5 Å². The smallest absolute Gasteiger partial charge is 0.144 e. The quantitative estimate of drug-likeness (QED) is 0.570. The lowest BCUT2D eigenvalue weighted by molar-refractivity contribution is 0.0337. The Hall–Kier alpha value is -0.620. The topological polar surface area (TPSA) is 35.7 Å². The number of piperazine rings is 1. The monoisotopic (exact) mass is 434 g/mol. The van der Waals surface area contributed by atoms with Crippen molar-refractivity contribution in [2.75, 3.05) is 26.2 Å². The fraction of sp³-hybridized carbons (Fsp3) is 0.444. The second-order valence-corrected chi connectivity index (χ2v) is 8.10. The number of rotatable bonds is 4. The van der Waals surface area contributed by atoms with Gasteiger partial charge in [0.1, 0.15) is 15.7 Å². The van der Waals surface area contributed by atoms with Gasteiger partial charge in [-0.05, 0) is 12.5 Å². The van der Waals surface area contributed by atoms with Gasteiger partial charge in [0.05, 0.1) is 16.9 Å². The van der Waals surface area contributed by atoms with Crippen molar-refractivity contribution in [1.29, 1.82) is 0 Å². The average molecular weight is 436 g/mol. The van der Waals surface area contributed by atoms with Crippen LogP contribution < -0.4 is 5.73 Å². The summed E-state index contributed by atoms with van der Waals surface area (Å²) in [5, 5.41) is 0.909. The van der Waals surface area contributed by atoms with Crippen LogP contribution in [-0.2, 0) is 6.54 Å². The molecule has 2 N–H and O–H groups in total. The van der Waals surface area contributed by atoms with E-state index in [9.17, 15) is 0 Å². The van der Waals surface area contributed by atoms with Crippen LogP contribution in [0.25, 0.3) is 0 Å². The van der Waals surface area contributed by atoms with E-state index in [1.54, 1.807) is 0 Å². The zero-order valence-corrected chi connectivity index (χ0v) is 17.5. The van der Waals surface area contributed by atoms with Crippen molar-refractivity contribution < 1.29 is 0 Å². The van der Waals surface area contributed by atoms with Crippen molar-refractivity contribution in [1.82, 2.24) is 14.7 Å². The minimum absolute atomic E-state index is 0.0422. The Morgan fingerprint density at radius 2 is 1.69 bits per heavy atom. The highest BCUT2D eigenvalue weighted by molar-refractivity contribution is 6.44. The summed E-state index contributed by atoms with van der Waals surface area (Å²) in [5.41, 5.74) is 6.83. The Morgan fingerprint density at radius 1 is 1.08 bits per heavy atom. The van der Waals surface area contributed by atoms with Crippen LogP contribution in [0.3, 0.4) is 0 Å². The van der Waals surface area contributed by atoms with Crippen molar-refractivity contribution in [3.8, 4) is 0 Å². The normalized spacial score (nSPS) is 24.3. The van der Waals surface area contributed by atoms with E-state index in [-0.39, 0.29) is 16.9 Å². The van der Waals surface area contributed by atoms with E-state index in [2.05, 4.69) is 41.0 Å². The third kappa shape index (κ3) is 4.11. The highest BCUT2D eigenvalue weighted by atomic mass is 35.5. The van der Waals surface area contributed by atoms with Gasteiger partial charge in [-0.3, -0.25) is 9.80 Å². The molecule has 2 unspecified atom stereocenters. The van der Waals surface area contributed by atoms with Gasteiger partial charge in [0.15, 0.2) is 0 Å². The Balaban J connectivity index is 1.63. The van der Waals surface area contributed by atoms with E-state index < -0.39 is 5.50 Å². The van der Waals surface area contributed by atoms with E-state index in [4.69, 9.17) is 52.1 Å². The molecule has 0 spiro atoms. The molecule has 1 saturated heterocycles. The Kier molecular flexibility index (Phi) is 6.65. The zero-order valence-electron chi connectivity index (χ0n) is 14.5. The maximum Gasteiger partial charge on any atom is 0.144 e. The summed E-state index contributed by atoms with van der Waals surface area (Å²) >= 11 is 25.4. The fourth-order valence-corrected chi connectivity index (χ4v) is 4.56. The Labute approximate surface area is 174 Å². The minimum Gasteiger partial charge on any atom is -0.396 e. The molecule has 8 heteroatoms. The standard InChI is InChI=1S/C18H22Cl4N4/c1-12(26-17(21)14(19)16(23)15(20)18(26)22)25-9-7-24(8-10-25)11-13-5-3-2-4-6-13/h2-6,12,17H,7-11,23H2,1H3. The second-order valence-electron chi connectivity index (χ2n) is 6.54. The van der Waals surface area contributed by atoms with Crippen molar-refractivity contribution in [3.05, 3.63) is 56.8 Å². The van der Waals surface area contributed by atoms with Crippen molar-refractivity contribution in [3.63, 3.8) is 0 Å². The number of nitrogens with zero attached hydrogens (tertiary/aromatic N) is 3. The van der Waals surface area contributed by atoms with Crippen molar-refractivity contribution in [2.45, 2.75) is 25.1 Å². The molecule has 0 aromatic heterocycles. The van der Waals surface area contributed by atoms with Crippen LogP contribution in [0.5, 0.6) is 0 Å². The number of hydrogen-bond donors (Lipinski definition) is 1. The first-order valence-electron chi connectivity index (χ1n) is 8.53. The molecule has 4 nitrogen and oxygen atoms in total. The van der Waals surface area contributed by atoms with Gasteiger partial charge in [-0.25, -0.2) is 0 Å². The maximum atomic E-state index is 6.48. The summed E-state index contributed by atoms with van der Waals surface area (Å²) in [4.78, 5) is 6.59. The Morgan fingerprint density at radius 3 is 2.31 bits per heavy atom. The van der Waals surface area contributed by atoms with E-state index in [0.717, 1.165) is 32.7 Å². The van der Waals surface area contributed by atoms with E-state index >= 15 is 0 Å². The summed E-state index contributed by atoms with van der Waals surface area (Å²) in [5.74, 6) is 0. The number of halogens is 4. The lowest BCUT2D eigenvalue weighted by Gasteiger charge is -2.45. The van der Waals surface area contributed by atoms with Crippen LogP contribution in [0.2, 0.25) is 0 Å². The van der Waals surface area contributed by atoms with Gasteiger partial charge < -0.3 is 10.6 Å². The fourth-order valence-electron chi connectivity index (χ4n) is 3.35. The average Bonchev–Trinajstić information content (AvgIpc) is 2.66. The molecule has 1 fully saturated rings. The highest BCUT2D eigenvalue weighted by Crippen LogP contribution is 2.39. The molecular weight excluding hydrogens is 414 g/mol. The molecular formula is C18H22Cl4N4. The maximum absolute atomic E-state index is 6.48. The molecule has 142 valence electrons. The van der Waals surface area contributed by atoms with E-state index in [0.29, 0.717) is 10.2 Å². The zero-order chi connectivity index (χ0) is 18.8. The Bertz CT molecular complexity index is 698. The third-order valence-electron chi connectivity index (χ3n) is 4.94. The second kappa shape index (κ2) is 8.59. The first-order chi connectivity index (χ1) is 12.4. The molecule has 0 aliphatic carbocycles. The van der Waals surface area contributed by atoms with E-state index in [1.807, 2.05) is 11.0 Å². The summed E-state index contributed by atoms with van der Waals surface area (Å²) in [6, 6.07) is 10.5. The summed E-state index contributed by atoms with van der Waals surface area (Å²) in [6.07, 6.45) is -0.0422. The predicted molar refractivity (Wildman–Crippen MR) is 110 cm³/mol. The summed E-state index contributed by atoms with van der Waals surface area (Å²) in [6.45, 7) is 6.78. The number of hydrogen-bond acceptors (Lipinski definition) is 4. The van der Waals surface area contributed by atoms with Gasteiger partial charge in [-0.1, -0.05) is 76.7 Å². The van der Waals surface area contributed by atoms with Gasteiger partial charge in [0.2, 0.25) is 0 Å². The van der Waals surface area contributed by atoms with Crippen LogP contribution in [-0.4, -0.2) is 52.5 Å². The molecule has 2 atom stereocenters. The van der Waals surface area contributed by atoms with Crippen LogP contribution in [0, 0.1) is 0 Å². The van der Waals surface area contributed by atoms with Crippen LogP contribution in [0.4, 0.5) is 0 Å². The van der Waals surface area contributed by atoms with Gasteiger partial charge >= 0.3 is 0 Å². The third-order valence-corrected chi connectivity index (χ3v) is 6.76. The van der Waals surface area contributed by atoms with Crippen LogP contribution >= 0.6 is 46.4 Å². The number of benzene rings is 1. The van der Waals surface area contributed by atoms with Crippen molar-refractivity contribution >= 4 is 46.4 Å². The largest absolute Gasteiger partial charge is 0.396 e. The van der Waals surface area contributed by atoms with Gasteiger partial charge in [-0.2, -0.15) is 0 Å². The van der Waals surface area contributed by atoms with Gasteiger partial charge in [0.25, 0.3) is 0 Å². The lowest BCUT2D eigenvalue weighted by atomic mass is 10.2. The molecule has 2 aliphatic rings. The molecule has 2 aliphatic heterocycles. The van der Waals surface area contributed by atoms with Crippen LogP contribution in [0.15, 0.2) is 51.2 Å². The highest BCUT2D eigenvalue weighted by Gasteiger charge is 2.36.